The molecule has 0 aliphatic rings. The number of carbonyl (C=O) groups excluding carboxylic acids is 1. The molecule has 0 atom stereocenters. The minimum Gasteiger partial charge on any atom is -0.455 e. The van der Waals surface area contributed by atoms with Gasteiger partial charge in [-0.2, -0.15) is 0 Å². The molecule has 1 amide bonds. The molecule has 2 heterocycles. The van der Waals surface area contributed by atoms with Crippen LogP contribution in [-0.2, 0) is 0 Å². The van der Waals surface area contributed by atoms with Crippen LogP contribution in [0.1, 0.15) is 10.5 Å². The zero-order chi connectivity index (χ0) is 17.8. The Labute approximate surface area is 150 Å². The number of aromatic nitrogens is 2. The Balaban J connectivity index is 1.59. The molecule has 0 unspecified atom stereocenters. The number of hydrogen-bond acceptors (Lipinski definition) is 4. The Hall–Kier alpha value is -3.73. The summed E-state index contributed by atoms with van der Waals surface area (Å²) in [6.45, 7) is 0. The molecule has 0 radical (unpaired) electrons. The van der Waals surface area contributed by atoms with Gasteiger partial charge in [0.1, 0.15) is 17.1 Å². The van der Waals surface area contributed by atoms with Crippen molar-refractivity contribution in [2.24, 2.45) is 0 Å². The van der Waals surface area contributed by atoms with Crippen molar-refractivity contribution in [2.45, 2.75) is 0 Å². The Bertz CT molecular complexity index is 1060. The SMILES string of the molecule is O=C(Nc1cnccc1Oc1ccccc1)c1ccc2ccccc2n1. The Morgan fingerprint density at radius 2 is 1.69 bits per heavy atom. The fraction of sp³-hybridized carbons (Fsp3) is 0. The van der Waals surface area contributed by atoms with Gasteiger partial charge < -0.3 is 10.1 Å². The maximum atomic E-state index is 12.6. The van der Waals surface area contributed by atoms with Gasteiger partial charge in [0.05, 0.1) is 11.7 Å². The Morgan fingerprint density at radius 3 is 2.58 bits per heavy atom. The second-order valence-electron chi connectivity index (χ2n) is 5.63. The number of rotatable bonds is 4. The zero-order valence-corrected chi connectivity index (χ0v) is 13.8. The van der Waals surface area contributed by atoms with Crippen LogP contribution in [0.15, 0.2) is 85.2 Å². The third-order valence-electron chi connectivity index (χ3n) is 3.83. The highest BCUT2D eigenvalue weighted by atomic mass is 16.5. The van der Waals surface area contributed by atoms with Gasteiger partial charge in [-0.3, -0.25) is 9.78 Å². The summed E-state index contributed by atoms with van der Waals surface area (Å²) in [4.78, 5) is 21.1. The van der Waals surface area contributed by atoms with E-state index in [2.05, 4.69) is 15.3 Å². The number of carbonyl (C=O) groups is 1. The van der Waals surface area contributed by atoms with Gasteiger partial charge in [-0.05, 0) is 24.3 Å². The lowest BCUT2D eigenvalue weighted by Gasteiger charge is -2.11. The Morgan fingerprint density at radius 1 is 0.885 bits per heavy atom. The molecule has 0 aliphatic heterocycles. The van der Waals surface area contributed by atoms with E-state index in [-0.39, 0.29) is 5.91 Å². The molecule has 0 saturated carbocycles. The number of para-hydroxylation sites is 2. The smallest absolute Gasteiger partial charge is 0.274 e. The van der Waals surface area contributed by atoms with Crippen molar-refractivity contribution >= 4 is 22.5 Å². The van der Waals surface area contributed by atoms with Crippen molar-refractivity contribution in [3.63, 3.8) is 0 Å². The summed E-state index contributed by atoms with van der Waals surface area (Å²) in [6, 6.07) is 22.3. The normalized spacial score (nSPS) is 10.5. The summed E-state index contributed by atoms with van der Waals surface area (Å²) in [5, 5.41) is 3.81. The van der Waals surface area contributed by atoms with Gasteiger partial charge in [-0.15, -0.1) is 0 Å². The molecule has 2 aromatic carbocycles. The van der Waals surface area contributed by atoms with E-state index in [9.17, 15) is 4.79 Å². The quantitative estimate of drug-likeness (QED) is 0.586. The van der Waals surface area contributed by atoms with Crippen LogP contribution in [0.2, 0.25) is 0 Å². The molecule has 0 spiro atoms. The van der Waals surface area contributed by atoms with Crippen molar-refractivity contribution < 1.29 is 9.53 Å². The van der Waals surface area contributed by atoms with Crippen LogP contribution in [0.3, 0.4) is 0 Å². The second-order valence-corrected chi connectivity index (χ2v) is 5.63. The molecule has 2 aromatic heterocycles. The van der Waals surface area contributed by atoms with Gasteiger partial charge in [-0.1, -0.05) is 42.5 Å². The summed E-state index contributed by atoms with van der Waals surface area (Å²) in [5.41, 5.74) is 1.58. The number of nitrogens with one attached hydrogen (secondary N) is 1. The maximum absolute atomic E-state index is 12.6. The predicted molar refractivity (Wildman–Crippen MR) is 100 cm³/mol. The van der Waals surface area contributed by atoms with Gasteiger partial charge in [0.15, 0.2) is 5.75 Å². The van der Waals surface area contributed by atoms with Crippen LogP contribution in [0.5, 0.6) is 11.5 Å². The number of hydrogen-bond donors (Lipinski definition) is 1. The van der Waals surface area contributed by atoms with E-state index >= 15 is 0 Å². The molecule has 1 N–H and O–H groups in total. The van der Waals surface area contributed by atoms with Crippen molar-refractivity contribution in [2.75, 3.05) is 5.32 Å². The number of anilines is 1. The molecular weight excluding hydrogens is 326 g/mol. The van der Waals surface area contributed by atoms with Gasteiger partial charge in [0.25, 0.3) is 5.91 Å². The molecule has 4 rings (SSSR count). The second kappa shape index (κ2) is 7.03. The minimum atomic E-state index is -0.318. The van der Waals surface area contributed by atoms with Gasteiger partial charge in [0, 0.05) is 17.6 Å². The lowest BCUT2D eigenvalue weighted by molar-refractivity contribution is 0.102. The largest absolute Gasteiger partial charge is 0.455 e. The molecule has 0 fully saturated rings. The minimum absolute atomic E-state index is 0.318. The molecule has 126 valence electrons. The van der Waals surface area contributed by atoms with Crippen LogP contribution >= 0.6 is 0 Å². The van der Waals surface area contributed by atoms with Crippen LogP contribution < -0.4 is 10.1 Å². The number of benzene rings is 2. The first-order chi connectivity index (χ1) is 12.8. The molecule has 0 bridgehead atoms. The molecule has 0 aliphatic carbocycles. The lowest BCUT2D eigenvalue weighted by Crippen LogP contribution is -2.14. The number of fused-ring (bicyclic) bond motifs is 1. The van der Waals surface area contributed by atoms with Crippen LogP contribution in [-0.4, -0.2) is 15.9 Å². The number of nitrogens with zero attached hydrogens (tertiary/aromatic N) is 2. The van der Waals surface area contributed by atoms with E-state index in [0.717, 1.165) is 10.9 Å². The number of pyridine rings is 2. The highest BCUT2D eigenvalue weighted by Crippen LogP contribution is 2.28. The maximum Gasteiger partial charge on any atom is 0.274 e. The van der Waals surface area contributed by atoms with E-state index in [1.807, 2.05) is 60.7 Å². The highest BCUT2D eigenvalue weighted by molar-refractivity contribution is 6.04. The average molecular weight is 341 g/mol. The first-order valence-corrected chi connectivity index (χ1v) is 8.14. The monoisotopic (exact) mass is 341 g/mol. The Kier molecular flexibility index (Phi) is 4.26. The van der Waals surface area contributed by atoms with E-state index in [0.29, 0.717) is 22.9 Å². The highest BCUT2D eigenvalue weighted by Gasteiger charge is 2.12. The first-order valence-electron chi connectivity index (χ1n) is 8.14. The molecule has 5 heteroatoms. The summed E-state index contributed by atoms with van der Waals surface area (Å²) in [6.07, 6.45) is 3.17. The molecular formula is C21H15N3O2. The molecule has 0 saturated heterocycles. The summed E-state index contributed by atoms with van der Waals surface area (Å²) >= 11 is 0. The standard InChI is InChI=1S/C21H15N3O2/c25-21(18-11-10-15-6-4-5-9-17(15)23-18)24-19-14-22-13-12-20(19)26-16-7-2-1-3-8-16/h1-14H,(H,24,25). The average Bonchev–Trinajstić information content (AvgIpc) is 2.70. The van der Waals surface area contributed by atoms with Crippen molar-refractivity contribution in [1.82, 2.24) is 9.97 Å². The van der Waals surface area contributed by atoms with Gasteiger partial charge in [0.2, 0.25) is 0 Å². The van der Waals surface area contributed by atoms with Gasteiger partial charge in [-0.25, -0.2) is 4.98 Å². The number of amides is 1. The van der Waals surface area contributed by atoms with Crippen molar-refractivity contribution in [3.8, 4) is 11.5 Å². The predicted octanol–water partition coefficient (Wildman–Crippen LogP) is 4.67. The summed E-state index contributed by atoms with van der Waals surface area (Å²) in [5.74, 6) is 0.875. The fourth-order valence-electron chi connectivity index (χ4n) is 2.56. The van der Waals surface area contributed by atoms with Crippen LogP contribution in [0.4, 0.5) is 5.69 Å². The lowest BCUT2D eigenvalue weighted by atomic mass is 10.2. The van der Waals surface area contributed by atoms with E-state index in [1.54, 1.807) is 24.5 Å². The third-order valence-corrected chi connectivity index (χ3v) is 3.83. The zero-order valence-electron chi connectivity index (χ0n) is 13.8. The summed E-state index contributed by atoms with van der Waals surface area (Å²) in [7, 11) is 0. The van der Waals surface area contributed by atoms with Crippen molar-refractivity contribution in [1.29, 1.82) is 0 Å². The van der Waals surface area contributed by atoms with E-state index in [4.69, 9.17) is 4.74 Å². The number of ether oxygens (including phenoxy) is 1. The fourth-order valence-corrected chi connectivity index (χ4v) is 2.56. The first kappa shape index (κ1) is 15.8. The van der Waals surface area contributed by atoms with Crippen LogP contribution in [0.25, 0.3) is 10.9 Å². The third kappa shape index (κ3) is 3.37. The summed E-state index contributed by atoms with van der Waals surface area (Å²) < 4.78 is 5.84. The van der Waals surface area contributed by atoms with E-state index < -0.39 is 0 Å². The molecule has 5 nitrogen and oxygen atoms in total. The van der Waals surface area contributed by atoms with Crippen molar-refractivity contribution in [3.05, 3.63) is 90.9 Å². The molecule has 26 heavy (non-hydrogen) atoms. The topological polar surface area (TPSA) is 64.1 Å². The van der Waals surface area contributed by atoms with Gasteiger partial charge >= 0.3 is 0 Å². The van der Waals surface area contributed by atoms with Crippen LogP contribution in [0, 0.1) is 0 Å². The van der Waals surface area contributed by atoms with E-state index in [1.165, 1.54) is 0 Å². The molecule has 4 aromatic rings.